The number of carbonyl (C=O) groups is 1. The van der Waals surface area contributed by atoms with Gasteiger partial charge in [-0.3, -0.25) is 4.79 Å². The highest BCUT2D eigenvalue weighted by molar-refractivity contribution is 9.10. The Bertz CT molecular complexity index is 1710. The molecule has 8 nitrogen and oxygen atoms in total. The number of benzene rings is 3. The first-order valence-electron chi connectivity index (χ1n) is 11.8. The second kappa shape index (κ2) is 9.66. The summed E-state index contributed by atoms with van der Waals surface area (Å²) in [6.07, 6.45) is 1.22. The van der Waals surface area contributed by atoms with E-state index in [1.54, 1.807) is 34.0 Å². The van der Waals surface area contributed by atoms with Crippen LogP contribution in [-0.2, 0) is 16.0 Å². The average Bonchev–Trinajstić information content (AvgIpc) is 3.59. The summed E-state index contributed by atoms with van der Waals surface area (Å²) in [7, 11) is 0. The van der Waals surface area contributed by atoms with Crippen molar-refractivity contribution >= 4 is 32.9 Å². The lowest BCUT2D eigenvalue weighted by Gasteiger charge is -2.23. The van der Waals surface area contributed by atoms with Crippen molar-refractivity contribution in [1.82, 2.24) is 24.6 Å². The molecule has 0 radical (unpaired) electrons. The lowest BCUT2D eigenvalue weighted by atomic mass is 10.1. The van der Waals surface area contributed by atoms with E-state index >= 15 is 0 Å². The molecule has 1 aliphatic rings. The largest absolute Gasteiger partial charge is 0.344 e. The van der Waals surface area contributed by atoms with Gasteiger partial charge in [-0.25, -0.2) is 18.3 Å². The standard InChI is InChI=1S/C27H20BrF2N5O3/c28-17-3-7-19(8-4-17)35-13-20(25(33-35)15-1-5-18(29)6-2-15)26-34(24(36)14-38-26)10-9-16-11-22-23(12-21(16)30)32-27(37)31-22/h1-8,11-13,26H,9-10,14H2,(H2,31,32,37). The third-order valence-corrected chi connectivity index (χ3v) is 7.02. The summed E-state index contributed by atoms with van der Waals surface area (Å²) in [4.78, 5) is 31.1. The summed E-state index contributed by atoms with van der Waals surface area (Å²) < 4.78 is 36.9. The number of amides is 1. The van der Waals surface area contributed by atoms with Crippen molar-refractivity contribution in [2.24, 2.45) is 0 Å². The molecule has 3 heterocycles. The van der Waals surface area contributed by atoms with Gasteiger partial charge in [0.15, 0.2) is 6.23 Å². The molecule has 0 saturated carbocycles. The Morgan fingerprint density at radius 1 is 1.00 bits per heavy atom. The van der Waals surface area contributed by atoms with Crippen molar-refractivity contribution in [3.63, 3.8) is 0 Å². The van der Waals surface area contributed by atoms with Crippen LogP contribution in [0.5, 0.6) is 0 Å². The van der Waals surface area contributed by atoms with Crippen LogP contribution in [0, 0.1) is 11.6 Å². The number of halogens is 3. The normalized spacial score (nSPS) is 15.6. The zero-order chi connectivity index (χ0) is 26.4. The third-order valence-electron chi connectivity index (χ3n) is 6.49. The molecule has 38 heavy (non-hydrogen) atoms. The Morgan fingerprint density at radius 2 is 1.71 bits per heavy atom. The minimum absolute atomic E-state index is 0.135. The zero-order valence-corrected chi connectivity index (χ0v) is 21.3. The molecule has 0 bridgehead atoms. The van der Waals surface area contributed by atoms with E-state index in [0.717, 1.165) is 10.2 Å². The van der Waals surface area contributed by atoms with E-state index in [1.807, 2.05) is 24.3 Å². The summed E-state index contributed by atoms with van der Waals surface area (Å²) in [6, 6.07) is 16.3. The maximum absolute atomic E-state index is 14.7. The summed E-state index contributed by atoms with van der Waals surface area (Å²) >= 11 is 3.43. The summed E-state index contributed by atoms with van der Waals surface area (Å²) in [5, 5.41) is 4.75. The molecule has 0 aliphatic carbocycles. The number of aromatic amines is 2. The second-order valence-corrected chi connectivity index (χ2v) is 9.85. The summed E-state index contributed by atoms with van der Waals surface area (Å²) in [5.74, 6) is -1.10. The van der Waals surface area contributed by atoms with Gasteiger partial charge in [0.05, 0.1) is 16.7 Å². The Hall–Kier alpha value is -4.09. The second-order valence-electron chi connectivity index (χ2n) is 8.93. The van der Waals surface area contributed by atoms with Gasteiger partial charge in [0.2, 0.25) is 0 Å². The first kappa shape index (κ1) is 24.3. The number of ether oxygens (including phenoxy) is 1. The molecule has 1 atom stereocenters. The van der Waals surface area contributed by atoms with Gasteiger partial charge in [0.1, 0.15) is 23.9 Å². The number of nitrogens with zero attached hydrogens (tertiary/aromatic N) is 3. The molecular formula is C27H20BrF2N5O3. The van der Waals surface area contributed by atoms with Crippen LogP contribution >= 0.6 is 15.9 Å². The van der Waals surface area contributed by atoms with Gasteiger partial charge >= 0.3 is 5.69 Å². The van der Waals surface area contributed by atoms with E-state index in [1.165, 1.54) is 18.2 Å². The van der Waals surface area contributed by atoms with Crippen molar-refractivity contribution in [3.05, 3.63) is 105 Å². The van der Waals surface area contributed by atoms with Crippen LogP contribution in [0.15, 0.2) is 76.1 Å². The van der Waals surface area contributed by atoms with Gasteiger partial charge < -0.3 is 19.6 Å². The van der Waals surface area contributed by atoms with Crippen LogP contribution in [-0.4, -0.2) is 43.7 Å². The third kappa shape index (κ3) is 4.54. The van der Waals surface area contributed by atoms with Crippen LogP contribution in [0.3, 0.4) is 0 Å². The number of rotatable bonds is 6. The van der Waals surface area contributed by atoms with E-state index in [0.29, 0.717) is 33.4 Å². The van der Waals surface area contributed by atoms with Gasteiger partial charge in [-0.1, -0.05) is 15.9 Å². The van der Waals surface area contributed by atoms with Crippen molar-refractivity contribution < 1.29 is 18.3 Å². The molecule has 5 aromatic rings. The fourth-order valence-electron chi connectivity index (χ4n) is 4.61. The molecule has 2 aromatic heterocycles. The zero-order valence-electron chi connectivity index (χ0n) is 19.7. The van der Waals surface area contributed by atoms with E-state index in [-0.39, 0.29) is 31.3 Å². The van der Waals surface area contributed by atoms with Gasteiger partial charge in [0, 0.05) is 28.3 Å². The monoisotopic (exact) mass is 579 g/mol. The van der Waals surface area contributed by atoms with E-state index < -0.39 is 17.7 Å². The fraction of sp³-hybridized carbons (Fsp3) is 0.148. The fourth-order valence-corrected chi connectivity index (χ4v) is 4.88. The van der Waals surface area contributed by atoms with E-state index in [4.69, 9.17) is 9.84 Å². The minimum atomic E-state index is -0.773. The molecule has 2 N–H and O–H groups in total. The van der Waals surface area contributed by atoms with Gasteiger partial charge in [0.25, 0.3) is 5.91 Å². The molecule has 1 fully saturated rings. The van der Waals surface area contributed by atoms with Crippen LogP contribution in [0.4, 0.5) is 8.78 Å². The Labute approximate surface area is 223 Å². The molecule has 1 aliphatic heterocycles. The van der Waals surface area contributed by atoms with Crippen LogP contribution in [0.1, 0.15) is 17.4 Å². The molecular weight excluding hydrogens is 560 g/mol. The molecule has 1 saturated heterocycles. The number of fused-ring (bicyclic) bond motifs is 1. The highest BCUT2D eigenvalue weighted by Gasteiger charge is 2.36. The summed E-state index contributed by atoms with van der Waals surface area (Å²) in [5.41, 5.74) is 3.40. The lowest BCUT2D eigenvalue weighted by Crippen LogP contribution is -2.31. The average molecular weight is 580 g/mol. The van der Waals surface area contributed by atoms with Crippen LogP contribution in [0.2, 0.25) is 0 Å². The van der Waals surface area contributed by atoms with Gasteiger partial charge in [-0.05, 0) is 72.6 Å². The maximum atomic E-state index is 14.7. The van der Waals surface area contributed by atoms with Crippen molar-refractivity contribution in [3.8, 4) is 16.9 Å². The first-order valence-corrected chi connectivity index (χ1v) is 12.6. The number of aromatic nitrogens is 4. The molecule has 1 amide bonds. The predicted octanol–water partition coefficient (Wildman–Crippen LogP) is 4.85. The quantitative estimate of drug-likeness (QED) is 0.300. The highest BCUT2D eigenvalue weighted by atomic mass is 79.9. The SMILES string of the molecule is O=C1COC(c2cn(-c3ccc(Br)cc3)nc2-c2ccc(F)cc2)N1CCc1cc2[nH]c(=O)[nH]c2cc1F. The molecule has 0 spiro atoms. The van der Waals surface area contributed by atoms with Crippen molar-refractivity contribution in [2.75, 3.05) is 13.2 Å². The molecule has 6 rings (SSSR count). The first-order chi connectivity index (χ1) is 18.4. The number of hydrogen-bond donors (Lipinski definition) is 2. The topological polar surface area (TPSA) is 96.0 Å². The Balaban J connectivity index is 1.35. The van der Waals surface area contributed by atoms with E-state index in [2.05, 4.69) is 25.9 Å². The lowest BCUT2D eigenvalue weighted by molar-refractivity contribution is -0.128. The number of nitrogens with one attached hydrogen (secondary N) is 2. The van der Waals surface area contributed by atoms with Crippen molar-refractivity contribution in [2.45, 2.75) is 12.6 Å². The van der Waals surface area contributed by atoms with E-state index in [9.17, 15) is 18.4 Å². The predicted molar refractivity (Wildman–Crippen MR) is 140 cm³/mol. The summed E-state index contributed by atoms with van der Waals surface area (Å²) in [6.45, 7) is 0.0382. The number of H-pyrrole nitrogens is 2. The number of imidazole rings is 1. The molecule has 192 valence electrons. The van der Waals surface area contributed by atoms with Gasteiger partial charge in [-0.2, -0.15) is 5.10 Å². The molecule has 11 heteroatoms. The van der Waals surface area contributed by atoms with Crippen LogP contribution < -0.4 is 5.69 Å². The maximum Gasteiger partial charge on any atom is 0.323 e. The number of hydrogen-bond acceptors (Lipinski definition) is 4. The smallest absolute Gasteiger partial charge is 0.323 e. The van der Waals surface area contributed by atoms with Gasteiger partial charge in [-0.15, -0.1) is 0 Å². The van der Waals surface area contributed by atoms with Crippen molar-refractivity contribution in [1.29, 1.82) is 0 Å². The Kier molecular flexibility index (Phi) is 6.16. The molecule has 1 unspecified atom stereocenters. The highest BCUT2D eigenvalue weighted by Crippen LogP contribution is 2.35. The minimum Gasteiger partial charge on any atom is -0.344 e. The number of carbonyl (C=O) groups excluding carboxylic acids is 1. The van der Waals surface area contributed by atoms with Crippen LogP contribution in [0.25, 0.3) is 28.0 Å². The molecule has 3 aromatic carbocycles. The Morgan fingerprint density at radius 3 is 2.45 bits per heavy atom.